The molecule has 8 heteroatoms. The van der Waals surface area contributed by atoms with E-state index in [1.165, 1.54) is 0 Å². The first-order valence-corrected chi connectivity index (χ1v) is 7.90. The minimum atomic E-state index is -4.80. The molecular formula is C16H18F6N2. The first-order chi connectivity index (χ1) is 11.2. The van der Waals surface area contributed by atoms with Gasteiger partial charge in [0, 0.05) is 32.2 Å². The number of piperazine rings is 1. The number of rotatable bonds is 3. The highest BCUT2D eigenvalue weighted by molar-refractivity contribution is 5.36. The van der Waals surface area contributed by atoms with E-state index in [4.69, 9.17) is 0 Å². The lowest BCUT2D eigenvalue weighted by Crippen LogP contribution is -2.45. The Morgan fingerprint density at radius 3 is 1.79 bits per heavy atom. The van der Waals surface area contributed by atoms with Gasteiger partial charge in [0.05, 0.1) is 11.1 Å². The first-order valence-electron chi connectivity index (χ1n) is 7.90. The number of hydrogen-bond donors (Lipinski definition) is 1. The third kappa shape index (κ3) is 3.85. The van der Waals surface area contributed by atoms with Crippen molar-refractivity contribution in [2.24, 2.45) is 5.92 Å². The van der Waals surface area contributed by atoms with Crippen molar-refractivity contribution in [2.45, 2.75) is 31.2 Å². The molecule has 1 saturated heterocycles. The summed E-state index contributed by atoms with van der Waals surface area (Å²) in [6, 6.07) is 1.60. The van der Waals surface area contributed by atoms with E-state index in [1.807, 2.05) is 4.90 Å². The molecule has 1 aliphatic carbocycles. The molecule has 2 aliphatic rings. The molecule has 0 amide bonds. The maximum atomic E-state index is 13.1. The monoisotopic (exact) mass is 352 g/mol. The minimum absolute atomic E-state index is 0.126. The zero-order valence-electron chi connectivity index (χ0n) is 12.8. The SMILES string of the molecule is FC(F)(F)c1cc([C@H](C2CC2)N2CCNCC2)cc(C(F)(F)F)c1. The molecule has 134 valence electrons. The number of hydrogen-bond acceptors (Lipinski definition) is 2. The van der Waals surface area contributed by atoms with E-state index in [-0.39, 0.29) is 23.6 Å². The topological polar surface area (TPSA) is 15.3 Å². The van der Waals surface area contributed by atoms with Crippen LogP contribution in [0.15, 0.2) is 18.2 Å². The second-order valence-electron chi connectivity index (χ2n) is 6.41. The maximum Gasteiger partial charge on any atom is 0.416 e. The van der Waals surface area contributed by atoms with Crippen LogP contribution < -0.4 is 5.32 Å². The second-order valence-corrected chi connectivity index (χ2v) is 6.41. The first kappa shape index (κ1) is 17.5. The quantitative estimate of drug-likeness (QED) is 0.825. The molecule has 2 fully saturated rings. The Hall–Kier alpha value is -1.28. The molecule has 1 aromatic carbocycles. The molecule has 1 heterocycles. The average Bonchev–Trinajstić information content (AvgIpc) is 3.31. The van der Waals surface area contributed by atoms with Gasteiger partial charge in [0.15, 0.2) is 0 Å². The molecule has 1 aromatic rings. The smallest absolute Gasteiger partial charge is 0.314 e. The van der Waals surface area contributed by atoms with Crippen molar-refractivity contribution in [3.63, 3.8) is 0 Å². The summed E-state index contributed by atoms with van der Waals surface area (Å²) in [4.78, 5) is 2.00. The van der Waals surface area contributed by atoms with Gasteiger partial charge in [-0.15, -0.1) is 0 Å². The van der Waals surface area contributed by atoms with Crippen molar-refractivity contribution < 1.29 is 26.3 Å². The minimum Gasteiger partial charge on any atom is -0.314 e. The van der Waals surface area contributed by atoms with Gasteiger partial charge in [-0.05, 0) is 42.5 Å². The highest BCUT2D eigenvalue weighted by Gasteiger charge is 2.41. The van der Waals surface area contributed by atoms with Gasteiger partial charge in [-0.1, -0.05) is 0 Å². The summed E-state index contributed by atoms with van der Waals surface area (Å²) >= 11 is 0. The van der Waals surface area contributed by atoms with Crippen LogP contribution in [0.1, 0.15) is 35.6 Å². The van der Waals surface area contributed by atoms with Crippen molar-refractivity contribution >= 4 is 0 Å². The van der Waals surface area contributed by atoms with E-state index >= 15 is 0 Å². The largest absolute Gasteiger partial charge is 0.416 e. The Labute approximate surface area is 135 Å². The summed E-state index contributed by atoms with van der Waals surface area (Å²) in [5, 5.41) is 3.15. The molecule has 0 aromatic heterocycles. The van der Waals surface area contributed by atoms with Crippen molar-refractivity contribution in [2.75, 3.05) is 26.2 Å². The maximum absolute atomic E-state index is 13.1. The zero-order valence-corrected chi connectivity index (χ0v) is 12.8. The highest BCUT2D eigenvalue weighted by Crippen LogP contribution is 2.47. The van der Waals surface area contributed by atoms with E-state index in [2.05, 4.69) is 5.32 Å². The normalized spacial score (nSPS) is 21.8. The van der Waals surface area contributed by atoms with Crippen LogP contribution in [0.25, 0.3) is 0 Å². The number of nitrogens with one attached hydrogen (secondary N) is 1. The highest BCUT2D eigenvalue weighted by atomic mass is 19.4. The third-order valence-electron chi connectivity index (χ3n) is 4.57. The molecule has 1 N–H and O–H groups in total. The fourth-order valence-corrected chi connectivity index (χ4v) is 3.30. The molecule has 2 nitrogen and oxygen atoms in total. The lowest BCUT2D eigenvalue weighted by Gasteiger charge is -2.36. The number of benzene rings is 1. The molecule has 0 bridgehead atoms. The molecule has 0 unspecified atom stereocenters. The van der Waals surface area contributed by atoms with Crippen molar-refractivity contribution in [3.8, 4) is 0 Å². The molecule has 3 rings (SSSR count). The number of alkyl halides is 6. The average molecular weight is 352 g/mol. The molecule has 1 atom stereocenters. The summed E-state index contributed by atoms with van der Waals surface area (Å²) in [5.74, 6) is 0.132. The van der Waals surface area contributed by atoms with Gasteiger partial charge in [0.1, 0.15) is 0 Å². The van der Waals surface area contributed by atoms with Crippen LogP contribution >= 0.6 is 0 Å². The molecule has 0 spiro atoms. The van der Waals surface area contributed by atoms with Crippen LogP contribution in [-0.2, 0) is 12.4 Å². The fourth-order valence-electron chi connectivity index (χ4n) is 3.30. The van der Waals surface area contributed by atoms with Gasteiger partial charge in [-0.3, -0.25) is 4.90 Å². The van der Waals surface area contributed by atoms with Crippen LogP contribution in [0.5, 0.6) is 0 Å². The van der Waals surface area contributed by atoms with Crippen LogP contribution in [0, 0.1) is 5.92 Å². The molecular weight excluding hydrogens is 334 g/mol. The second kappa shape index (κ2) is 6.22. The van der Waals surface area contributed by atoms with E-state index in [0.717, 1.165) is 25.0 Å². The number of halogens is 6. The van der Waals surface area contributed by atoms with Gasteiger partial charge in [0.2, 0.25) is 0 Å². The zero-order chi connectivity index (χ0) is 17.5. The molecule has 1 saturated carbocycles. The van der Waals surface area contributed by atoms with Gasteiger partial charge in [-0.2, -0.15) is 26.3 Å². The predicted octanol–water partition coefficient (Wildman–Crippen LogP) is 4.08. The lowest BCUT2D eigenvalue weighted by atomic mass is 9.95. The van der Waals surface area contributed by atoms with Crippen LogP contribution in [0.2, 0.25) is 0 Å². The Kier molecular flexibility index (Phi) is 4.55. The van der Waals surface area contributed by atoms with Crippen molar-refractivity contribution in [1.82, 2.24) is 10.2 Å². The Balaban J connectivity index is 2.03. The van der Waals surface area contributed by atoms with Crippen molar-refractivity contribution in [3.05, 3.63) is 34.9 Å². The Morgan fingerprint density at radius 2 is 1.38 bits per heavy atom. The van der Waals surface area contributed by atoms with E-state index in [0.29, 0.717) is 26.2 Å². The van der Waals surface area contributed by atoms with E-state index < -0.39 is 23.5 Å². The lowest BCUT2D eigenvalue weighted by molar-refractivity contribution is -0.143. The Morgan fingerprint density at radius 1 is 0.875 bits per heavy atom. The summed E-state index contributed by atoms with van der Waals surface area (Å²) in [6.45, 7) is 2.63. The van der Waals surface area contributed by atoms with Gasteiger partial charge >= 0.3 is 12.4 Å². The van der Waals surface area contributed by atoms with Crippen molar-refractivity contribution in [1.29, 1.82) is 0 Å². The molecule has 1 aliphatic heterocycles. The predicted molar refractivity (Wildman–Crippen MR) is 76.4 cm³/mol. The molecule has 0 radical (unpaired) electrons. The van der Waals surface area contributed by atoms with Crippen LogP contribution in [0.3, 0.4) is 0 Å². The standard InChI is InChI=1S/C16H18F6N2/c17-15(18,19)12-7-11(8-13(9-12)16(20,21)22)14(10-1-2-10)24-5-3-23-4-6-24/h7-10,14,23H,1-6H2/t14-/m0/s1. The van der Waals surface area contributed by atoms with Gasteiger partial charge < -0.3 is 5.32 Å². The summed E-state index contributed by atoms with van der Waals surface area (Å²) in [5.41, 5.74) is -2.33. The van der Waals surface area contributed by atoms with Gasteiger partial charge in [0.25, 0.3) is 0 Å². The molecule has 24 heavy (non-hydrogen) atoms. The van der Waals surface area contributed by atoms with Crippen LogP contribution in [-0.4, -0.2) is 31.1 Å². The van der Waals surface area contributed by atoms with Crippen LogP contribution in [0.4, 0.5) is 26.3 Å². The third-order valence-corrected chi connectivity index (χ3v) is 4.57. The number of nitrogens with zero attached hydrogens (tertiary/aromatic N) is 1. The summed E-state index contributed by atoms with van der Waals surface area (Å²) in [7, 11) is 0. The summed E-state index contributed by atoms with van der Waals surface area (Å²) in [6.07, 6.45) is -7.92. The Bertz CT molecular complexity index is 553. The van der Waals surface area contributed by atoms with E-state index in [1.54, 1.807) is 0 Å². The summed E-state index contributed by atoms with van der Waals surface area (Å²) < 4.78 is 78.4. The van der Waals surface area contributed by atoms with Gasteiger partial charge in [-0.25, -0.2) is 0 Å². The fraction of sp³-hybridized carbons (Fsp3) is 0.625. The van der Waals surface area contributed by atoms with E-state index in [9.17, 15) is 26.3 Å².